The number of amides is 2. The summed E-state index contributed by atoms with van der Waals surface area (Å²) in [7, 11) is 1.53. The van der Waals surface area contributed by atoms with Crippen LogP contribution in [0.15, 0.2) is 18.3 Å². The Labute approximate surface area is 138 Å². The molecule has 8 nitrogen and oxygen atoms in total. The van der Waals surface area contributed by atoms with Crippen molar-refractivity contribution in [1.29, 1.82) is 0 Å². The lowest BCUT2D eigenvalue weighted by molar-refractivity contribution is 0.208. The molecule has 3 rings (SSSR count). The van der Waals surface area contributed by atoms with Crippen molar-refractivity contribution in [2.24, 2.45) is 0 Å². The summed E-state index contributed by atoms with van der Waals surface area (Å²) < 4.78 is 5.14. The van der Waals surface area contributed by atoms with Crippen molar-refractivity contribution in [1.82, 2.24) is 20.1 Å². The maximum absolute atomic E-state index is 12.4. The van der Waals surface area contributed by atoms with Gasteiger partial charge >= 0.3 is 6.03 Å². The molecule has 1 saturated heterocycles. The van der Waals surface area contributed by atoms with Crippen LogP contribution in [0.25, 0.3) is 0 Å². The first kappa shape index (κ1) is 15.5. The molecule has 0 saturated carbocycles. The highest BCUT2D eigenvalue weighted by atomic mass is 32.1. The minimum Gasteiger partial charge on any atom is -0.480 e. The number of pyridine rings is 1. The van der Waals surface area contributed by atoms with Crippen molar-refractivity contribution in [2.75, 3.05) is 43.5 Å². The lowest BCUT2D eigenvalue weighted by Crippen LogP contribution is -2.50. The van der Waals surface area contributed by atoms with Gasteiger partial charge in [-0.3, -0.25) is 0 Å². The highest BCUT2D eigenvalue weighted by Gasteiger charge is 2.23. The number of aryl methyl sites for hydroxylation is 1. The molecule has 0 aliphatic carbocycles. The fraction of sp³-hybridized carbons (Fsp3) is 0.429. The summed E-state index contributed by atoms with van der Waals surface area (Å²) in [5.74, 6) is 0.406. The van der Waals surface area contributed by atoms with Gasteiger partial charge in [-0.2, -0.15) is 0 Å². The zero-order chi connectivity index (χ0) is 16.2. The van der Waals surface area contributed by atoms with Crippen LogP contribution in [0.3, 0.4) is 0 Å². The molecule has 1 fully saturated rings. The Morgan fingerprint density at radius 3 is 2.74 bits per heavy atom. The maximum atomic E-state index is 12.4. The van der Waals surface area contributed by atoms with Crippen LogP contribution in [-0.2, 0) is 0 Å². The predicted octanol–water partition coefficient (Wildman–Crippen LogP) is 1.60. The summed E-state index contributed by atoms with van der Waals surface area (Å²) in [6.07, 6.45) is 1.62. The first-order valence-electron chi connectivity index (χ1n) is 7.27. The van der Waals surface area contributed by atoms with E-state index in [9.17, 15) is 4.79 Å². The first-order chi connectivity index (χ1) is 11.2. The summed E-state index contributed by atoms with van der Waals surface area (Å²) in [6.45, 7) is 4.69. The quantitative estimate of drug-likeness (QED) is 0.918. The number of anilines is 2. The molecule has 3 heterocycles. The van der Waals surface area contributed by atoms with Crippen molar-refractivity contribution < 1.29 is 9.53 Å². The van der Waals surface area contributed by atoms with Crippen molar-refractivity contribution >= 4 is 28.2 Å². The van der Waals surface area contributed by atoms with E-state index in [0.29, 0.717) is 24.7 Å². The Kier molecular flexibility index (Phi) is 4.56. The van der Waals surface area contributed by atoms with Crippen LogP contribution in [0.5, 0.6) is 5.88 Å². The van der Waals surface area contributed by atoms with E-state index in [0.717, 1.165) is 23.2 Å². The Bertz CT molecular complexity index is 683. The fourth-order valence-corrected chi connectivity index (χ4v) is 3.10. The molecule has 2 amide bonds. The highest BCUT2D eigenvalue weighted by molar-refractivity contribution is 7.15. The Morgan fingerprint density at radius 2 is 2.09 bits per heavy atom. The van der Waals surface area contributed by atoms with Gasteiger partial charge in [0, 0.05) is 32.4 Å². The molecule has 0 unspecified atom stereocenters. The molecule has 0 atom stereocenters. The molecular weight excluding hydrogens is 316 g/mol. The molecule has 0 aromatic carbocycles. The van der Waals surface area contributed by atoms with Crippen LogP contribution < -0.4 is 15.0 Å². The van der Waals surface area contributed by atoms with Gasteiger partial charge in [0.2, 0.25) is 11.0 Å². The number of rotatable bonds is 3. The molecule has 1 aliphatic rings. The number of methoxy groups -OCH3 is 1. The summed E-state index contributed by atoms with van der Waals surface area (Å²) in [5.41, 5.74) is 0.571. The zero-order valence-electron chi connectivity index (χ0n) is 13.0. The van der Waals surface area contributed by atoms with Crippen molar-refractivity contribution in [3.05, 3.63) is 23.3 Å². The average molecular weight is 334 g/mol. The molecule has 9 heteroatoms. The van der Waals surface area contributed by atoms with Gasteiger partial charge in [-0.1, -0.05) is 11.3 Å². The van der Waals surface area contributed by atoms with Crippen LogP contribution in [0.4, 0.5) is 15.6 Å². The number of aromatic nitrogens is 3. The third-order valence-corrected chi connectivity index (χ3v) is 4.46. The molecule has 2 aromatic rings. The maximum Gasteiger partial charge on any atom is 0.322 e. The lowest BCUT2D eigenvalue weighted by Gasteiger charge is -2.34. The zero-order valence-corrected chi connectivity index (χ0v) is 13.8. The smallest absolute Gasteiger partial charge is 0.322 e. The number of carbonyl (C=O) groups is 1. The van der Waals surface area contributed by atoms with E-state index in [4.69, 9.17) is 4.74 Å². The van der Waals surface area contributed by atoms with Gasteiger partial charge in [-0.05, 0) is 19.1 Å². The summed E-state index contributed by atoms with van der Waals surface area (Å²) in [5, 5.41) is 12.9. The van der Waals surface area contributed by atoms with Crippen LogP contribution in [0.2, 0.25) is 0 Å². The van der Waals surface area contributed by atoms with Gasteiger partial charge in [-0.25, -0.2) is 9.78 Å². The van der Waals surface area contributed by atoms with Crippen molar-refractivity contribution in [3.63, 3.8) is 0 Å². The molecule has 0 bridgehead atoms. The highest BCUT2D eigenvalue weighted by Crippen LogP contribution is 2.22. The van der Waals surface area contributed by atoms with Gasteiger partial charge in [0.15, 0.2) is 0 Å². The Morgan fingerprint density at radius 1 is 1.30 bits per heavy atom. The molecule has 2 aromatic heterocycles. The largest absolute Gasteiger partial charge is 0.480 e. The third kappa shape index (κ3) is 3.50. The Balaban J connectivity index is 1.58. The molecular formula is C14H18N6O2S. The van der Waals surface area contributed by atoms with E-state index in [2.05, 4.69) is 25.4 Å². The fourth-order valence-electron chi connectivity index (χ4n) is 2.36. The topological polar surface area (TPSA) is 83.5 Å². The minimum atomic E-state index is -0.149. The minimum absolute atomic E-state index is 0.149. The van der Waals surface area contributed by atoms with Crippen molar-refractivity contribution in [2.45, 2.75) is 6.92 Å². The molecule has 1 N–H and O–H groups in total. The molecule has 122 valence electrons. The number of hydrogen-bond acceptors (Lipinski definition) is 7. The van der Waals surface area contributed by atoms with E-state index in [-0.39, 0.29) is 6.03 Å². The second kappa shape index (κ2) is 6.78. The van der Waals surface area contributed by atoms with Crippen LogP contribution >= 0.6 is 11.3 Å². The van der Waals surface area contributed by atoms with Crippen molar-refractivity contribution in [3.8, 4) is 5.88 Å². The van der Waals surface area contributed by atoms with E-state index in [1.807, 2.05) is 6.92 Å². The summed E-state index contributed by atoms with van der Waals surface area (Å²) in [4.78, 5) is 20.4. The predicted molar refractivity (Wildman–Crippen MR) is 88.2 cm³/mol. The average Bonchev–Trinajstić information content (AvgIpc) is 3.02. The SMILES string of the molecule is COc1ncccc1NC(=O)N1CCN(c2nnc(C)s2)CC1. The van der Waals surface area contributed by atoms with Gasteiger partial charge in [0.05, 0.1) is 7.11 Å². The monoisotopic (exact) mass is 334 g/mol. The molecule has 23 heavy (non-hydrogen) atoms. The molecule has 0 radical (unpaired) electrons. The lowest BCUT2D eigenvalue weighted by atomic mass is 10.3. The third-order valence-electron chi connectivity index (χ3n) is 3.56. The van der Waals surface area contributed by atoms with E-state index in [1.165, 1.54) is 7.11 Å². The number of hydrogen-bond donors (Lipinski definition) is 1. The number of carbonyl (C=O) groups excluding carboxylic acids is 1. The van der Waals surface area contributed by atoms with E-state index < -0.39 is 0 Å². The second-order valence-electron chi connectivity index (χ2n) is 5.07. The van der Waals surface area contributed by atoms with Gasteiger partial charge in [-0.15, -0.1) is 10.2 Å². The van der Waals surface area contributed by atoms with Gasteiger partial charge in [0.1, 0.15) is 10.7 Å². The number of nitrogens with zero attached hydrogens (tertiary/aromatic N) is 5. The number of ether oxygens (including phenoxy) is 1. The summed E-state index contributed by atoms with van der Waals surface area (Å²) in [6, 6.07) is 3.38. The normalized spacial score (nSPS) is 14.7. The Hall–Kier alpha value is -2.42. The van der Waals surface area contributed by atoms with Crippen LogP contribution in [0, 0.1) is 6.92 Å². The number of piperazine rings is 1. The first-order valence-corrected chi connectivity index (χ1v) is 8.09. The summed E-state index contributed by atoms with van der Waals surface area (Å²) >= 11 is 1.57. The van der Waals surface area contributed by atoms with Crippen LogP contribution in [0.1, 0.15) is 5.01 Å². The molecule has 0 spiro atoms. The van der Waals surface area contributed by atoms with Gasteiger partial charge < -0.3 is 19.9 Å². The van der Waals surface area contributed by atoms with Gasteiger partial charge in [0.25, 0.3) is 0 Å². The van der Waals surface area contributed by atoms with E-state index >= 15 is 0 Å². The number of nitrogens with one attached hydrogen (secondary N) is 1. The second-order valence-corrected chi connectivity index (χ2v) is 6.23. The van der Waals surface area contributed by atoms with E-state index in [1.54, 1.807) is 34.6 Å². The number of urea groups is 1. The standard InChI is InChI=1S/C14H18N6O2S/c1-10-17-18-14(23-10)20-8-6-19(7-9-20)13(21)16-11-4-3-5-15-12(11)22-2/h3-5H,6-9H2,1-2H3,(H,16,21). The van der Waals surface area contributed by atoms with Crippen LogP contribution in [-0.4, -0.2) is 59.4 Å². The molecule has 1 aliphatic heterocycles.